The van der Waals surface area contributed by atoms with Crippen molar-refractivity contribution in [2.24, 2.45) is 0 Å². The first-order valence-electron chi connectivity index (χ1n) is 23.7. The third kappa shape index (κ3) is 7.59. The maximum absolute atomic E-state index is 2.47. The topological polar surface area (TPSA) is 6.48 Å². The van der Waals surface area contributed by atoms with Crippen LogP contribution in [0.3, 0.4) is 0 Å². The number of anilines is 6. The number of rotatable bonds is 11. The van der Waals surface area contributed by atoms with Gasteiger partial charge in [0.25, 0.3) is 0 Å². The average Bonchev–Trinajstić information content (AvgIpc) is 3.73. The molecule has 0 amide bonds. The van der Waals surface area contributed by atoms with Crippen molar-refractivity contribution in [2.45, 2.75) is 5.41 Å². The lowest BCUT2D eigenvalue weighted by atomic mass is 9.67. The quantitative estimate of drug-likeness (QED) is 0.128. The predicted molar refractivity (Wildman–Crippen MR) is 289 cm³/mol. The Morgan fingerprint density at radius 3 is 1.01 bits per heavy atom. The molecular formula is C67H48N2. The van der Waals surface area contributed by atoms with Crippen molar-refractivity contribution >= 4 is 34.1 Å². The van der Waals surface area contributed by atoms with E-state index in [1.54, 1.807) is 0 Å². The van der Waals surface area contributed by atoms with E-state index in [1.807, 2.05) is 0 Å². The van der Waals surface area contributed by atoms with Crippen LogP contribution in [0.1, 0.15) is 22.3 Å². The lowest BCUT2D eigenvalue weighted by molar-refractivity contribution is 0.769. The molecule has 12 rings (SSSR count). The normalized spacial score (nSPS) is 12.2. The number of benzene rings is 11. The maximum atomic E-state index is 2.47. The van der Waals surface area contributed by atoms with Crippen molar-refractivity contribution in [1.82, 2.24) is 0 Å². The second kappa shape index (κ2) is 18.0. The first-order valence-corrected chi connectivity index (χ1v) is 23.7. The van der Waals surface area contributed by atoms with Gasteiger partial charge >= 0.3 is 0 Å². The zero-order valence-corrected chi connectivity index (χ0v) is 38.1. The summed E-state index contributed by atoms with van der Waals surface area (Å²) >= 11 is 0. The van der Waals surface area contributed by atoms with Crippen LogP contribution in [0, 0.1) is 0 Å². The Bertz CT molecular complexity index is 3320. The largest absolute Gasteiger partial charge is 0.310 e. The molecule has 0 aromatic heterocycles. The molecule has 0 spiro atoms. The summed E-state index contributed by atoms with van der Waals surface area (Å²) in [7, 11) is 0. The van der Waals surface area contributed by atoms with Crippen LogP contribution in [0.15, 0.2) is 291 Å². The van der Waals surface area contributed by atoms with Gasteiger partial charge in [0.15, 0.2) is 0 Å². The van der Waals surface area contributed by atoms with Gasteiger partial charge in [-0.25, -0.2) is 0 Å². The van der Waals surface area contributed by atoms with E-state index in [0.717, 1.165) is 45.3 Å². The van der Waals surface area contributed by atoms with Crippen LogP contribution in [0.4, 0.5) is 34.1 Å². The van der Waals surface area contributed by atoms with E-state index in [0.29, 0.717) is 0 Å². The van der Waals surface area contributed by atoms with Crippen molar-refractivity contribution in [3.63, 3.8) is 0 Å². The zero-order chi connectivity index (χ0) is 46.0. The summed E-state index contributed by atoms with van der Waals surface area (Å²) < 4.78 is 0. The van der Waals surface area contributed by atoms with Gasteiger partial charge in [-0.3, -0.25) is 0 Å². The minimum absolute atomic E-state index is 0.530. The summed E-state index contributed by atoms with van der Waals surface area (Å²) in [4.78, 5) is 4.79. The molecule has 2 nitrogen and oxygen atoms in total. The highest BCUT2D eigenvalue weighted by Gasteiger charge is 2.46. The molecule has 11 aromatic carbocycles. The van der Waals surface area contributed by atoms with Crippen molar-refractivity contribution in [2.75, 3.05) is 9.80 Å². The minimum Gasteiger partial charge on any atom is -0.310 e. The molecule has 0 heterocycles. The molecule has 69 heavy (non-hydrogen) atoms. The number of para-hydroxylation sites is 2. The van der Waals surface area contributed by atoms with Gasteiger partial charge in [-0.05, 0) is 140 Å². The van der Waals surface area contributed by atoms with Gasteiger partial charge in [0.05, 0.1) is 5.41 Å². The highest BCUT2D eigenvalue weighted by atomic mass is 15.2. The second-order valence-corrected chi connectivity index (χ2v) is 17.7. The molecule has 1 aliphatic rings. The molecule has 0 saturated carbocycles. The van der Waals surface area contributed by atoms with Gasteiger partial charge < -0.3 is 9.80 Å². The molecule has 2 heteroatoms. The molecule has 326 valence electrons. The van der Waals surface area contributed by atoms with Crippen LogP contribution in [0.2, 0.25) is 0 Å². The van der Waals surface area contributed by atoms with Crippen LogP contribution >= 0.6 is 0 Å². The average molecular weight is 881 g/mol. The minimum atomic E-state index is -0.530. The van der Waals surface area contributed by atoms with Gasteiger partial charge in [0, 0.05) is 34.1 Å². The van der Waals surface area contributed by atoms with E-state index in [-0.39, 0.29) is 0 Å². The fourth-order valence-electron chi connectivity index (χ4n) is 10.6. The number of fused-ring (bicyclic) bond motifs is 3. The molecule has 0 radical (unpaired) electrons. The molecular weight excluding hydrogens is 833 g/mol. The van der Waals surface area contributed by atoms with E-state index >= 15 is 0 Å². The summed E-state index contributed by atoms with van der Waals surface area (Å²) in [6, 6.07) is 106. The smallest absolute Gasteiger partial charge is 0.0713 e. The van der Waals surface area contributed by atoms with Crippen LogP contribution < -0.4 is 9.80 Å². The number of nitrogens with zero attached hydrogens (tertiary/aromatic N) is 2. The maximum Gasteiger partial charge on any atom is 0.0713 e. The van der Waals surface area contributed by atoms with E-state index in [2.05, 4.69) is 301 Å². The molecule has 0 N–H and O–H groups in total. The second-order valence-electron chi connectivity index (χ2n) is 17.7. The van der Waals surface area contributed by atoms with Crippen molar-refractivity contribution in [3.8, 4) is 44.5 Å². The lowest BCUT2D eigenvalue weighted by Crippen LogP contribution is -2.28. The third-order valence-corrected chi connectivity index (χ3v) is 13.7. The Morgan fingerprint density at radius 1 is 0.203 bits per heavy atom. The van der Waals surface area contributed by atoms with Gasteiger partial charge in [-0.15, -0.1) is 0 Å². The Labute approximate surface area is 405 Å². The number of hydrogen-bond acceptors (Lipinski definition) is 2. The van der Waals surface area contributed by atoms with Gasteiger partial charge in [-0.1, -0.05) is 218 Å². The monoisotopic (exact) mass is 880 g/mol. The fraction of sp³-hybridized carbons (Fsp3) is 0.0149. The predicted octanol–water partition coefficient (Wildman–Crippen LogP) is 18.0. The molecule has 11 aromatic rings. The summed E-state index contributed by atoms with van der Waals surface area (Å²) in [6.45, 7) is 0. The molecule has 1 aliphatic carbocycles. The summed E-state index contributed by atoms with van der Waals surface area (Å²) in [5.74, 6) is 0. The van der Waals surface area contributed by atoms with Gasteiger partial charge in [0.2, 0.25) is 0 Å². The first kappa shape index (κ1) is 41.5. The molecule has 0 saturated heterocycles. The van der Waals surface area contributed by atoms with Crippen molar-refractivity contribution in [1.29, 1.82) is 0 Å². The molecule has 0 aliphatic heterocycles. The van der Waals surface area contributed by atoms with Crippen LogP contribution in [0.25, 0.3) is 44.5 Å². The summed E-state index contributed by atoms with van der Waals surface area (Å²) in [5, 5.41) is 0. The first-order chi connectivity index (χ1) is 34.2. The van der Waals surface area contributed by atoms with E-state index in [9.17, 15) is 0 Å². The summed E-state index contributed by atoms with van der Waals surface area (Å²) in [5.41, 5.74) is 20.4. The van der Waals surface area contributed by atoms with Crippen LogP contribution in [-0.2, 0) is 5.41 Å². The number of hydrogen-bond donors (Lipinski definition) is 0. The SMILES string of the molecule is c1ccc(-c2ccc(N(c3ccccc3)c3cc(-c4ccc5c(c4)C(c4ccccc4)(c4ccccc4)c4ccccc4-5)cc(N(c4ccccc4)c4ccc(-c5ccccc5)cc4)c3)cc2)cc1. The third-order valence-electron chi connectivity index (χ3n) is 13.7. The Balaban J connectivity index is 1.10. The Kier molecular flexibility index (Phi) is 10.8. The lowest BCUT2D eigenvalue weighted by Gasteiger charge is -2.34. The molecule has 0 atom stereocenters. The van der Waals surface area contributed by atoms with Gasteiger partial charge in [0.1, 0.15) is 0 Å². The van der Waals surface area contributed by atoms with Crippen molar-refractivity contribution in [3.05, 3.63) is 313 Å². The van der Waals surface area contributed by atoms with E-state index in [4.69, 9.17) is 0 Å². The van der Waals surface area contributed by atoms with E-state index in [1.165, 1.54) is 55.6 Å². The Hall–Kier alpha value is -8.98. The van der Waals surface area contributed by atoms with Crippen LogP contribution in [-0.4, -0.2) is 0 Å². The van der Waals surface area contributed by atoms with E-state index < -0.39 is 5.41 Å². The molecule has 0 fully saturated rings. The highest BCUT2D eigenvalue weighted by molar-refractivity contribution is 5.92. The molecule has 0 unspecified atom stereocenters. The van der Waals surface area contributed by atoms with Crippen molar-refractivity contribution < 1.29 is 0 Å². The fourth-order valence-corrected chi connectivity index (χ4v) is 10.6. The standard InChI is InChI=1S/C67H48N2/c1-7-21-49(22-8-1)51-35-40-59(41-36-51)68(57-29-15-5-16-30-57)61-45-54(46-62(48-61)69(58-31-17-6-18-32-58)60-42-37-52(38-43-60)50-23-9-2-10-24-50)53-39-44-64-63-33-19-20-34-65(63)67(66(64)47-53,55-25-11-3-12-26-55)56-27-13-4-14-28-56/h1-48H. The van der Waals surface area contributed by atoms with Crippen LogP contribution in [0.5, 0.6) is 0 Å². The molecule has 0 bridgehead atoms. The Morgan fingerprint density at radius 2 is 0.551 bits per heavy atom. The highest BCUT2D eigenvalue weighted by Crippen LogP contribution is 2.57. The van der Waals surface area contributed by atoms with Gasteiger partial charge in [-0.2, -0.15) is 0 Å². The summed E-state index contributed by atoms with van der Waals surface area (Å²) in [6.07, 6.45) is 0. The zero-order valence-electron chi connectivity index (χ0n) is 38.1.